The van der Waals surface area contributed by atoms with E-state index in [4.69, 9.17) is 9.47 Å². The molecule has 0 bridgehead atoms. The molecule has 0 fully saturated rings. The molecule has 0 unspecified atom stereocenters. The van der Waals surface area contributed by atoms with E-state index in [0.29, 0.717) is 31.0 Å². The van der Waals surface area contributed by atoms with Crippen LogP contribution in [0.15, 0.2) is 48.5 Å². The number of aliphatic hydroxyl groups is 1. The zero-order valence-electron chi connectivity index (χ0n) is 24.8. The van der Waals surface area contributed by atoms with Gasteiger partial charge in [0.1, 0.15) is 5.75 Å². The molecule has 0 saturated heterocycles. The van der Waals surface area contributed by atoms with Crippen LogP contribution in [-0.4, -0.2) is 92.5 Å². The van der Waals surface area contributed by atoms with Crippen molar-refractivity contribution >= 4 is 23.3 Å². The number of para-hydroxylation sites is 1. The number of ether oxygens (including phenoxy) is 2. The Bertz CT molecular complexity index is 1100. The zero-order chi connectivity index (χ0) is 29.2. The average Bonchev–Trinajstić information content (AvgIpc) is 2.94. The lowest BCUT2D eigenvalue weighted by molar-refractivity contribution is -0.0115. The molecule has 0 aliphatic carbocycles. The molecule has 1 aliphatic rings. The molecule has 1 aliphatic heterocycles. The number of hydrogen-bond donors (Lipinski definition) is 2. The third kappa shape index (κ3) is 8.60. The maximum Gasteiger partial charge on any atom is 0.321 e. The third-order valence-corrected chi connectivity index (χ3v) is 7.38. The van der Waals surface area contributed by atoms with Crippen molar-refractivity contribution in [2.75, 3.05) is 57.7 Å². The first kappa shape index (κ1) is 31.2. The van der Waals surface area contributed by atoms with Crippen LogP contribution in [0.4, 0.5) is 16.2 Å². The molecular formula is C31H46N4O5. The molecule has 40 heavy (non-hydrogen) atoms. The summed E-state index contributed by atoms with van der Waals surface area (Å²) in [5.41, 5.74) is 2.08. The van der Waals surface area contributed by atoms with Crippen LogP contribution < -0.4 is 15.0 Å². The highest BCUT2D eigenvalue weighted by molar-refractivity contribution is 5.98. The van der Waals surface area contributed by atoms with Crippen LogP contribution in [0.25, 0.3) is 0 Å². The molecule has 9 nitrogen and oxygen atoms in total. The molecule has 0 aromatic heterocycles. The van der Waals surface area contributed by atoms with Gasteiger partial charge < -0.3 is 34.6 Å². The van der Waals surface area contributed by atoms with Gasteiger partial charge in [0, 0.05) is 58.1 Å². The van der Waals surface area contributed by atoms with Gasteiger partial charge in [-0.2, -0.15) is 0 Å². The molecule has 1 heterocycles. The molecule has 0 radical (unpaired) electrons. The molecule has 4 atom stereocenters. The van der Waals surface area contributed by atoms with Crippen LogP contribution in [0.3, 0.4) is 0 Å². The number of nitrogens with zero attached hydrogens (tertiary/aromatic N) is 3. The van der Waals surface area contributed by atoms with Crippen molar-refractivity contribution in [3.63, 3.8) is 0 Å². The summed E-state index contributed by atoms with van der Waals surface area (Å²) in [5, 5.41) is 13.0. The molecule has 0 saturated carbocycles. The third-order valence-electron chi connectivity index (χ3n) is 7.38. The number of likely N-dealkylation sites (N-methyl/N-ethyl adjacent to an activating group) is 1. The standard InChI is InChI=1S/C31H46N4O5/c1-22-19-35(23(2)21-36)30(37)27-18-26(33(4)5)15-16-28(27)40-24(3)12-10-11-17-39-29(22)20-34(6)31(38)32-25-13-8-7-9-14-25/h7-9,13-16,18,22-24,29,36H,10-12,17,19-21H2,1-6H3,(H,32,38)/t22-,23-,24-,29+/m0/s1. The minimum atomic E-state index is -0.420. The molecule has 0 spiro atoms. The largest absolute Gasteiger partial charge is 0.490 e. The molecular weight excluding hydrogens is 508 g/mol. The van der Waals surface area contributed by atoms with Crippen LogP contribution in [-0.2, 0) is 4.74 Å². The lowest BCUT2D eigenvalue weighted by Gasteiger charge is -2.36. The number of aliphatic hydroxyl groups excluding tert-OH is 1. The number of carbonyl (C=O) groups is 2. The van der Waals surface area contributed by atoms with Crippen LogP contribution in [0, 0.1) is 5.92 Å². The molecule has 3 rings (SSSR count). The molecule has 9 heteroatoms. The molecule has 3 amide bonds. The Morgan fingerprint density at radius 3 is 2.52 bits per heavy atom. The van der Waals surface area contributed by atoms with Crippen molar-refractivity contribution < 1.29 is 24.2 Å². The fourth-order valence-corrected chi connectivity index (χ4v) is 4.74. The van der Waals surface area contributed by atoms with Gasteiger partial charge in [-0.25, -0.2) is 4.79 Å². The summed E-state index contributed by atoms with van der Waals surface area (Å²) in [6, 6.07) is 14.4. The van der Waals surface area contributed by atoms with E-state index in [-0.39, 0.29) is 36.7 Å². The van der Waals surface area contributed by atoms with Crippen molar-refractivity contribution in [2.45, 2.75) is 58.3 Å². The lowest BCUT2D eigenvalue weighted by atomic mass is 10.0. The summed E-state index contributed by atoms with van der Waals surface area (Å²) in [7, 11) is 5.61. The molecule has 220 valence electrons. The van der Waals surface area contributed by atoms with Gasteiger partial charge in [-0.3, -0.25) is 4.79 Å². The normalized spacial score (nSPS) is 21.4. The van der Waals surface area contributed by atoms with E-state index in [1.54, 1.807) is 16.8 Å². The number of benzene rings is 2. The summed E-state index contributed by atoms with van der Waals surface area (Å²) in [6.45, 7) is 6.95. The highest BCUT2D eigenvalue weighted by Crippen LogP contribution is 2.29. The Hall–Kier alpha value is -3.30. The second-order valence-electron chi connectivity index (χ2n) is 11.1. The number of carbonyl (C=O) groups excluding carboxylic acids is 2. The van der Waals surface area contributed by atoms with Gasteiger partial charge in [0.15, 0.2) is 0 Å². The second kappa shape index (κ2) is 14.9. The Balaban J connectivity index is 1.88. The Morgan fingerprint density at radius 1 is 1.12 bits per heavy atom. The highest BCUT2D eigenvalue weighted by Gasteiger charge is 2.31. The first-order valence-corrected chi connectivity index (χ1v) is 14.2. The van der Waals surface area contributed by atoms with E-state index in [2.05, 4.69) is 5.32 Å². The zero-order valence-corrected chi connectivity index (χ0v) is 24.8. The van der Waals surface area contributed by atoms with Crippen molar-refractivity contribution in [1.29, 1.82) is 0 Å². The van der Waals surface area contributed by atoms with Crippen LogP contribution in [0.1, 0.15) is 50.4 Å². The van der Waals surface area contributed by atoms with Crippen molar-refractivity contribution in [1.82, 2.24) is 9.80 Å². The highest BCUT2D eigenvalue weighted by atomic mass is 16.5. The first-order valence-electron chi connectivity index (χ1n) is 14.2. The topological polar surface area (TPSA) is 94.6 Å². The fourth-order valence-electron chi connectivity index (χ4n) is 4.74. The Kier molecular flexibility index (Phi) is 11.6. The number of hydrogen-bond acceptors (Lipinski definition) is 6. The second-order valence-corrected chi connectivity index (χ2v) is 11.1. The minimum absolute atomic E-state index is 0.0778. The van der Waals surface area contributed by atoms with Gasteiger partial charge in [0.2, 0.25) is 0 Å². The number of anilines is 2. The van der Waals surface area contributed by atoms with E-state index in [1.165, 1.54) is 0 Å². The van der Waals surface area contributed by atoms with Crippen molar-refractivity contribution in [3.05, 3.63) is 54.1 Å². The van der Waals surface area contributed by atoms with E-state index in [0.717, 1.165) is 30.6 Å². The van der Waals surface area contributed by atoms with Crippen molar-refractivity contribution in [2.24, 2.45) is 5.92 Å². The van der Waals surface area contributed by atoms with Gasteiger partial charge in [-0.05, 0) is 63.4 Å². The SMILES string of the molecule is C[C@H]1CCCCO[C@H](CN(C)C(=O)Nc2ccccc2)[C@@H](C)CN([C@@H](C)CO)C(=O)c2cc(N(C)C)ccc2O1. The number of fused-ring (bicyclic) bond motifs is 1. The van der Waals surface area contributed by atoms with Crippen LogP contribution >= 0.6 is 0 Å². The van der Waals surface area contributed by atoms with Gasteiger partial charge >= 0.3 is 6.03 Å². The van der Waals surface area contributed by atoms with Crippen LogP contribution in [0.2, 0.25) is 0 Å². The summed E-state index contributed by atoms with van der Waals surface area (Å²) >= 11 is 0. The maximum absolute atomic E-state index is 14.1. The Labute approximate surface area is 239 Å². The van der Waals surface area contributed by atoms with Crippen molar-refractivity contribution in [3.8, 4) is 5.75 Å². The smallest absolute Gasteiger partial charge is 0.321 e. The monoisotopic (exact) mass is 554 g/mol. The molecule has 2 N–H and O–H groups in total. The summed E-state index contributed by atoms with van der Waals surface area (Å²) in [4.78, 5) is 32.3. The summed E-state index contributed by atoms with van der Waals surface area (Å²) in [5.74, 6) is 0.228. The van der Waals surface area contributed by atoms with Gasteiger partial charge in [0.25, 0.3) is 5.91 Å². The predicted octanol–water partition coefficient (Wildman–Crippen LogP) is 4.71. The van der Waals surface area contributed by atoms with E-state index in [9.17, 15) is 14.7 Å². The fraction of sp³-hybridized carbons (Fsp3) is 0.548. The maximum atomic E-state index is 14.1. The minimum Gasteiger partial charge on any atom is -0.490 e. The van der Waals surface area contributed by atoms with Crippen LogP contribution in [0.5, 0.6) is 5.75 Å². The number of rotatable bonds is 6. The van der Waals surface area contributed by atoms with Gasteiger partial charge in [-0.15, -0.1) is 0 Å². The molecule has 2 aromatic rings. The quantitative estimate of drug-likeness (QED) is 0.537. The lowest BCUT2D eigenvalue weighted by Crippen LogP contribution is -2.48. The number of amides is 3. The predicted molar refractivity (Wildman–Crippen MR) is 159 cm³/mol. The average molecular weight is 555 g/mol. The summed E-state index contributed by atoms with van der Waals surface area (Å²) in [6.07, 6.45) is 2.21. The Morgan fingerprint density at radius 2 is 1.85 bits per heavy atom. The summed E-state index contributed by atoms with van der Waals surface area (Å²) < 4.78 is 12.6. The van der Waals surface area contributed by atoms with E-state index in [1.807, 2.05) is 88.3 Å². The first-order chi connectivity index (χ1) is 19.1. The van der Waals surface area contributed by atoms with E-state index < -0.39 is 6.04 Å². The van der Waals surface area contributed by atoms with Gasteiger partial charge in [0.05, 0.1) is 30.4 Å². The molecule has 2 aromatic carbocycles. The number of urea groups is 1. The van der Waals surface area contributed by atoms with Gasteiger partial charge in [-0.1, -0.05) is 25.1 Å². The number of nitrogens with one attached hydrogen (secondary N) is 1. The van der Waals surface area contributed by atoms with E-state index >= 15 is 0 Å².